The minimum absolute atomic E-state index is 0.191. The normalized spacial score (nSPS) is 14.7. The number of amides is 1. The van der Waals surface area contributed by atoms with E-state index in [1.165, 1.54) is 4.90 Å². The molecule has 1 fully saturated rings. The van der Waals surface area contributed by atoms with Crippen molar-refractivity contribution in [3.05, 3.63) is 89.7 Å². The molecule has 184 valence electrons. The van der Waals surface area contributed by atoms with Crippen LogP contribution in [-0.4, -0.2) is 47.0 Å². The maximum Gasteiger partial charge on any atom is 0.417 e. The molecule has 5 rings (SSSR count). The van der Waals surface area contributed by atoms with E-state index in [2.05, 4.69) is 0 Å². The number of alkyl halides is 3. The van der Waals surface area contributed by atoms with Gasteiger partial charge in [0.2, 0.25) is 0 Å². The van der Waals surface area contributed by atoms with Gasteiger partial charge in [0.05, 0.1) is 22.2 Å². The summed E-state index contributed by atoms with van der Waals surface area (Å²) >= 11 is 0. The number of hydrogen-bond donors (Lipinski definition) is 0. The topological polar surface area (TPSA) is 49.3 Å². The van der Waals surface area contributed by atoms with Gasteiger partial charge in [0, 0.05) is 31.7 Å². The number of hydrogen-bond acceptors (Lipinski definition) is 4. The second-order valence-electron chi connectivity index (χ2n) is 8.57. The highest BCUT2D eigenvalue weighted by atomic mass is 19.4. The van der Waals surface area contributed by atoms with Gasteiger partial charge >= 0.3 is 6.18 Å². The summed E-state index contributed by atoms with van der Waals surface area (Å²) in [5.74, 6) is -1.15. The summed E-state index contributed by atoms with van der Waals surface area (Å²) in [5, 5.41) is 0. The molecule has 1 saturated heterocycles. The Morgan fingerprint density at radius 2 is 1.50 bits per heavy atom. The average molecular weight is 494 g/mol. The molecule has 0 aliphatic carbocycles. The molecule has 0 spiro atoms. The van der Waals surface area contributed by atoms with Crippen LogP contribution in [0.2, 0.25) is 0 Å². The number of rotatable bonds is 3. The molecule has 1 aliphatic heterocycles. The van der Waals surface area contributed by atoms with Gasteiger partial charge in [-0.3, -0.25) is 4.79 Å². The Morgan fingerprint density at radius 3 is 2.22 bits per heavy atom. The monoisotopic (exact) mass is 494 g/mol. The molecule has 2 heterocycles. The lowest BCUT2D eigenvalue weighted by Gasteiger charge is -2.25. The van der Waals surface area contributed by atoms with Gasteiger partial charge in [0.1, 0.15) is 11.5 Å². The second kappa shape index (κ2) is 9.56. The van der Waals surface area contributed by atoms with Crippen LogP contribution in [0.1, 0.15) is 22.3 Å². The quantitative estimate of drug-likeness (QED) is 0.338. The van der Waals surface area contributed by atoms with Crippen LogP contribution in [0.3, 0.4) is 0 Å². The Hall–Kier alpha value is -4.01. The van der Waals surface area contributed by atoms with Crippen LogP contribution in [0, 0.1) is 5.82 Å². The van der Waals surface area contributed by atoms with E-state index in [0.717, 1.165) is 28.7 Å². The number of nitrogens with zero attached hydrogens (tertiary/aromatic N) is 4. The maximum absolute atomic E-state index is 13.5. The van der Waals surface area contributed by atoms with Crippen LogP contribution in [0.25, 0.3) is 22.3 Å². The molecule has 3 aromatic carbocycles. The first kappa shape index (κ1) is 23.7. The van der Waals surface area contributed by atoms with Crippen LogP contribution >= 0.6 is 0 Å². The van der Waals surface area contributed by atoms with Crippen molar-refractivity contribution in [1.82, 2.24) is 14.9 Å². The predicted molar refractivity (Wildman–Crippen MR) is 129 cm³/mol. The molecule has 0 radical (unpaired) electrons. The number of benzene rings is 3. The van der Waals surface area contributed by atoms with Gasteiger partial charge in [-0.2, -0.15) is 13.2 Å². The SMILES string of the molecule is O=C(c1ccc(F)cc1C(F)(F)F)N1CCCN(c2nc3ccccc3nc2-c2ccccc2)CC1. The fourth-order valence-corrected chi connectivity index (χ4v) is 4.44. The number of anilines is 1. The molecule has 0 bridgehead atoms. The summed E-state index contributed by atoms with van der Waals surface area (Å²) in [5.41, 5.74) is 1.26. The summed E-state index contributed by atoms with van der Waals surface area (Å²) < 4.78 is 54.0. The van der Waals surface area contributed by atoms with Crippen molar-refractivity contribution in [2.24, 2.45) is 0 Å². The van der Waals surface area contributed by atoms with E-state index >= 15 is 0 Å². The van der Waals surface area contributed by atoms with Crippen molar-refractivity contribution in [1.29, 1.82) is 0 Å². The summed E-state index contributed by atoms with van der Waals surface area (Å²) in [4.78, 5) is 26.2. The Labute approximate surface area is 205 Å². The number of halogens is 4. The molecule has 0 N–H and O–H groups in total. The van der Waals surface area contributed by atoms with Crippen LogP contribution in [-0.2, 0) is 6.18 Å². The minimum Gasteiger partial charge on any atom is -0.353 e. The highest BCUT2D eigenvalue weighted by Gasteiger charge is 2.37. The Morgan fingerprint density at radius 1 is 0.806 bits per heavy atom. The van der Waals surface area contributed by atoms with Gasteiger partial charge in [-0.1, -0.05) is 42.5 Å². The van der Waals surface area contributed by atoms with Gasteiger partial charge in [0.25, 0.3) is 5.91 Å². The van der Waals surface area contributed by atoms with Gasteiger partial charge in [0.15, 0.2) is 5.82 Å². The van der Waals surface area contributed by atoms with Crippen LogP contribution in [0.5, 0.6) is 0 Å². The highest BCUT2D eigenvalue weighted by Crippen LogP contribution is 2.34. The zero-order valence-corrected chi connectivity index (χ0v) is 19.2. The Bertz CT molecular complexity index is 1410. The first-order valence-electron chi connectivity index (χ1n) is 11.5. The summed E-state index contributed by atoms with van der Waals surface area (Å²) in [6.07, 6.45) is -4.31. The van der Waals surface area contributed by atoms with Crippen molar-refractivity contribution in [3.63, 3.8) is 0 Å². The number of aromatic nitrogens is 2. The molecule has 36 heavy (non-hydrogen) atoms. The third-order valence-electron chi connectivity index (χ3n) is 6.20. The number of para-hydroxylation sites is 2. The molecule has 0 atom stereocenters. The predicted octanol–water partition coefficient (Wildman–Crippen LogP) is 5.81. The molecular formula is C27H22F4N4O. The largest absolute Gasteiger partial charge is 0.417 e. The third kappa shape index (κ3) is 4.73. The molecule has 5 nitrogen and oxygen atoms in total. The summed E-state index contributed by atoms with van der Waals surface area (Å²) in [6, 6.07) is 19.3. The first-order valence-corrected chi connectivity index (χ1v) is 11.5. The molecule has 1 aliphatic rings. The fourth-order valence-electron chi connectivity index (χ4n) is 4.44. The average Bonchev–Trinajstić information content (AvgIpc) is 3.14. The molecule has 0 saturated carbocycles. The van der Waals surface area contributed by atoms with Crippen molar-refractivity contribution >= 4 is 22.8 Å². The molecule has 9 heteroatoms. The van der Waals surface area contributed by atoms with Crippen LogP contribution in [0.15, 0.2) is 72.8 Å². The fraction of sp³-hybridized carbons (Fsp3) is 0.222. The Balaban J connectivity index is 1.45. The maximum atomic E-state index is 13.5. The van der Waals surface area contributed by atoms with Crippen LogP contribution < -0.4 is 4.90 Å². The lowest BCUT2D eigenvalue weighted by Crippen LogP contribution is -2.36. The zero-order chi connectivity index (χ0) is 25.3. The van der Waals surface area contributed by atoms with E-state index in [-0.39, 0.29) is 13.1 Å². The lowest BCUT2D eigenvalue weighted by atomic mass is 10.1. The molecule has 1 amide bonds. The van der Waals surface area contributed by atoms with E-state index in [0.29, 0.717) is 37.1 Å². The number of carbonyl (C=O) groups excluding carboxylic acids is 1. The van der Waals surface area contributed by atoms with Gasteiger partial charge in [-0.05, 0) is 36.8 Å². The molecular weight excluding hydrogens is 472 g/mol. The van der Waals surface area contributed by atoms with E-state index in [9.17, 15) is 22.4 Å². The smallest absolute Gasteiger partial charge is 0.353 e. The summed E-state index contributed by atoms with van der Waals surface area (Å²) in [6.45, 7) is 1.37. The van der Waals surface area contributed by atoms with E-state index < -0.39 is 29.0 Å². The van der Waals surface area contributed by atoms with Crippen molar-refractivity contribution in [2.75, 3.05) is 31.1 Å². The first-order chi connectivity index (χ1) is 17.3. The second-order valence-corrected chi connectivity index (χ2v) is 8.57. The minimum atomic E-state index is -4.84. The van der Waals surface area contributed by atoms with Gasteiger partial charge < -0.3 is 9.80 Å². The Kier molecular flexibility index (Phi) is 6.30. The van der Waals surface area contributed by atoms with E-state index in [1.54, 1.807) is 0 Å². The van der Waals surface area contributed by atoms with Crippen molar-refractivity contribution in [3.8, 4) is 11.3 Å². The third-order valence-corrected chi connectivity index (χ3v) is 6.20. The van der Waals surface area contributed by atoms with Crippen molar-refractivity contribution < 1.29 is 22.4 Å². The number of fused-ring (bicyclic) bond motifs is 1. The van der Waals surface area contributed by atoms with Crippen molar-refractivity contribution in [2.45, 2.75) is 12.6 Å². The van der Waals surface area contributed by atoms with E-state index in [4.69, 9.17) is 9.97 Å². The zero-order valence-electron chi connectivity index (χ0n) is 19.2. The van der Waals surface area contributed by atoms with Crippen LogP contribution in [0.4, 0.5) is 23.4 Å². The highest BCUT2D eigenvalue weighted by molar-refractivity contribution is 5.96. The summed E-state index contributed by atoms with van der Waals surface area (Å²) in [7, 11) is 0. The van der Waals surface area contributed by atoms with Gasteiger partial charge in [-0.15, -0.1) is 0 Å². The lowest BCUT2D eigenvalue weighted by molar-refractivity contribution is -0.138. The standard InChI is InChI=1S/C27H22F4N4O/c28-19-11-12-20(21(17-19)27(29,30)31)26(36)35-14-6-13-34(15-16-35)25-24(18-7-2-1-3-8-18)32-22-9-4-5-10-23(22)33-25/h1-5,7-12,17H,6,13-16H2. The number of carbonyl (C=O) groups is 1. The molecule has 4 aromatic rings. The van der Waals surface area contributed by atoms with Gasteiger partial charge in [-0.25, -0.2) is 14.4 Å². The molecule has 1 aromatic heterocycles. The molecule has 0 unspecified atom stereocenters. The van der Waals surface area contributed by atoms with E-state index in [1.807, 2.05) is 59.5 Å².